The van der Waals surface area contributed by atoms with E-state index in [0.29, 0.717) is 5.56 Å². The number of amides is 1. The first-order valence-corrected chi connectivity index (χ1v) is 15.3. The number of benzene rings is 2. The Morgan fingerprint density at radius 3 is 2.12 bits per heavy atom. The fourth-order valence-corrected chi connectivity index (χ4v) is 6.26. The molecule has 1 aromatic heterocycles. The van der Waals surface area contributed by atoms with Crippen molar-refractivity contribution < 1.29 is 32.6 Å². The van der Waals surface area contributed by atoms with E-state index >= 15 is 0 Å². The van der Waals surface area contributed by atoms with Crippen LogP contribution in [0.5, 0.6) is 0 Å². The summed E-state index contributed by atoms with van der Waals surface area (Å²) in [5.41, 5.74) is 4.02. The molecule has 0 bridgehead atoms. The molecule has 0 spiro atoms. The number of sulfonamides is 1. The number of hydrogen-bond donors (Lipinski definition) is 3. The zero-order valence-corrected chi connectivity index (χ0v) is 23.3. The summed E-state index contributed by atoms with van der Waals surface area (Å²) in [5, 5.41) is 15.1. The van der Waals surface area contributed by atoms with E-state index in [1.165, 1.54) is 31.3 Å². The highest BCUT2D eigenvalue weighted by atomic mass is 35.5. The predicted molar refractivity (Wildman–Crippen MR) is 140 cm³/mol. The van der Waals surface area contributed by atoms with Gasteiger partial charge in [0.2, 0.25) is 15.9 Å². The van der Waals surface area contributed by atoms with E-state index in [4.69, 9.17) is 28.9 Å². The number of nitrogens with two attached hydrogens (primary N) is 1. The second-order valence-electron chi connectivity index (χ2n) is 8.95. The van der Waals surface area contributed by atoms with Crippen molar-refractivity contribution in [3.63, 3.8) is 0 Å². The van der Waals surface area contributed by atoms with Gasteiger partial charge in [-0.05, 0) is 49.7 Å². The second-order valence-corrected chi connectivity index (χ2v) is 14.1. The van der Waals surface area contributed by atoms with Crippen LogP contribution in [0.1, 0.15) is 29.7 Å². The lowest BCUT2D eigenvalue weighted by atomic mass is 9.94. The maximum atomic E-state index is 13.4. The second kappa shape index (κ2) is 8.95. The molecular weight excluding hydrogens is 626 g/mol. The third kappa shape index (κ3) is 5.44. The van der Waals surface area contributed by atoms with Gasteiger partial charge in [-0.3, -0.25) is 4.79 Å². The monoisotopic (exact) mass is 644 g/mol. The zero-order chi connectivity index (χ0) is 30.0. The van der Waals surface area contributed by atoms with Crippen LogP contribution in [0.15, 0.2) is 46.2 Å². The van der Waals surface area contributed by atoms with Gasteiger partial charge < -0.3 is 11.1 Å². The number of aromatic nitrogens is 2. The molecule has 40 heavy (non-hydrogen) atoms. The highest BCUT2D eigenvalue weighted by Gasteiger charge is 2.65. The summed E-state index contributed by atoms with van der Waals surface area (Å²) in [6.45, 7) is -0.0724. The van der Waals surface area contributed by atoms with E-state index in [9.17, 15) is 37.9 Å². The van der Waals surface area contributed by atoms with Crippen molar-refractivity contribution in [2.75, 3.05) is 12.4 Å². The molecule has 0 atom stereocenters. The van der Waals surface area contributed by atoms with Gasteiger partial charge in [-0.25, -0.2) is 17.8 Å². The van der Waals surface area contributed by atoms with Crippen molar-refractivity contribution >= 4 is 55.2 Å². The molecule has 3 aromatic rings. The number of rotatable bonds is 9. The van der Waals surface area contributed by atoms with Crippen LogP contribution in [0, 0.1) is 11.3 Å². The van der Waals surface area contributed by atoms with Crippen LogP contribution < -0.4 is 15.8 Å². The minimum absolute atomic E-state index is 0.00338. The maximum Gasteiger partial charge on any atom is 0.310 e. The lowest BCUT2D eigenvalue weighted by Gasteiger charge is -2.40. The quantitative estimate of drug-likeness (QED) is 0.253. The minimum Gasteiger partial charge on any atom is -0.369 e. The standard InChI is InChI=1S/C22H19Cl2F5N6O3S2/c1-32-39(37,38)13-4-2-12(3-5-13)11-33-20-18(22(6-7-22)21(31)36)17(10-30)34-35(20)19-15(23)8-14(9-16(19)24)40(25,26,27,28)29/h2-5,8-9,32-33H,6-7,11H2,1H3,(H2,31,36). The van der Waals surface area contributed by atoms with E-state index in [1.54, 1.807) is 0 Å². The fourth-order valence-electron chi connectivity index (χ4n) is 4.08. The van der Waals surface area contributed by atoms with Gasteiger partial charge in [0.15, 0.2) is 5.69 Å². The third-order valence-electron chi connectivity index (χ3n) is 6.30. The van der Waals surface area contributed by atoms with Gasteiger partial charge in [0.25, 0.3) is 0 Å². The Morgan fingerprint density at radius 2 is 1.70 bits per heavy atom. The molecular formula is C22H19Cl2F5N6O3S2. The summed E-state index contributed by atoms with van der Waals surface area (Å²) in [6.07, 6.45) is 0.469. The average Bonchev–Trinajstić information content (AvgIpc) is 3.57. The first kappa shape index (κ1) is 29.9. The smallest absolute Gasteiger partial charge is 0.310 e. The topological polar surface area (TPSA) is 143 Å². The zero-order valence-electron chi connectivity index (χ0n) is 20.2. The predicted octanol–water partition coefficient (Wildman–Crippen LogP) is 5.75. The van der Waals surface area contributed by atoms with Gasteiger partial charge in [0.1, 0.15) is 22.5 Å². The molecule has 0 radical (unpaired) electrons. The third-order valence-corrected chi connectivity index (χ3v) is 9.43. The van der Waals surface area contributed by atoms with Gasteiger partial charge in [-0.2, -0.15) is 10.4 Å². The Balaban J connectivity index is 1.87. The summed E-state index contributed by atoms with van der Waals surface area (Å²) in [6, 6.07) is 7.39. The SMILES string of the molecule is CNS(=O)(=O)c1ccc(CNc2c(C3(C(N)=O)CC3)c(C#N)nn2-c2c(Cl)cc(S(F)(F)(F)(F)F)cc2Cl)cc1. The minimum atomic E-state index is -10.2. The number of primary amides is 1. The lowest BCUT2D eigenvalue weighted by molar-refractivity contribution is -0.120. The molecule has 1 heterocycles. The molecule has 18 heteroatoms. The van der Waals surface area contributed by atoms with E-state index < -0.39 is 52.2 Å². The summed E-state index contributed by atoms with van der Waals surface area (Å²) in [5.74, 6) is -0.884. The highest BCUT2D eigenvalue weighted by molar-refractivity contribution is 8.45. The van der Waals surface area contributed by atoms with Crippen LogP contribution in [0.4, 0.5) is 25.2 Å². The summed E-state index contributed by atoms with van der Waals surface area (Å²) in [4.78, 5) is 10.0. The lowest BCUT2D eigenvalue weighted by Crippen LogP contribution is -2.29. The summed E-state index contributed by atoms with van der Waals surface area (Å²) < 4.78 is 94.2. The Bertz CT molecular complexity index is 1680. The van der Waals surface area contributed by atoms with Crippen molar-refractivity contribution in [3.8, 4) is 11.8 Å². The molecule has 1 aliphatic rings. The van der Waals surface area contributed by atoms with Crippen molar-refractivity contribution in [2.45, 2.75) is 34.6 Å². The molecule has 4 N–H and O–H groups in total. The average molecular weight is 645 g/mol. The number of nitrogens with one attached hydrogen (secondary N) is 2. The molecule has 1 aliphatic carbocycles. The van der Waals surface area contributed by atoms with Crippen molar-refractivity contribution in [2.24, 2.45) is 5.73 Å². The van der Waals surface area contributed by atoms with Crippen LogP contribution in [-0.2, 0) is 26.8 Å². The Kier molecular flexibility index (Phi) is 6.68. The first-order chi connectivity index (χ1) is 18.2. The van der Waals surface area contributed by atoms with Gasteiger partial charge >= 0.3 is 10.2 Å². The van der Waals surface area contributed by atoms with E-state index in [2.05, 4.69) is 15.1 Å². The van der Waals surface area contributed by atoms with Crippen LogP contribution in [0.25, 0.3) is 5.69 Å². The van der Waals surface area contributed by atoms with Crippen molar-refractivity contribution in [1.82, 2.24) is 14.5 Å². The van der Waals surface area contributed by atoms with E-state index in [1.807, 2.05) is 6.07 Å². The van der Waals surface area contributed by atoms with Crippen molar-refractivity contribution in [1.29, 1.82) is 5.26 Å². The first-order valence-electron chi connectivity index (χ1n) is 11.1. The molecule has 9 nitrogen and oxygen atoms in total. The van der Waals surface area contributed by atoms with E-state index in [-0.39, 0.29) is 53.5 Å². The van der Waals surface area contributed by atoms with Gasteiger partial charge in [-0.15, -0.1) is 0 Å². The molecule has 1 saturated carbocycles. The van der Waals surface area contributed by atoms with E-state index in [0.717, 1.165) is 4.68 Å². The number of nitriles is 1. The Hall–Kier alpha value is -3.10. The number of anilines is 1. The number of nitrogens with zero attached hydrogens (tertiary/aromatic N) is 3. The molecule has 1 fully saturated rings. The van der Waals surface area contributed by atoms with Crippen LogP contribution in [-0.4, -0.2) is 31.2 Å². The van der Waals surface area contributed by atoms with Crippen LogP contribution >= 0.6 is 33.4 Å². The summed E-state index contributed by atoms with van der Waals surface area (Å²) in [7, 11) is -12.6. The number of hydrogen-bond acceptors (Lipinski definition) is 6. The summed E-state index contributed by atoms with van der Waals surface area (Å²) >= 11 is 12.1. The van der Waals surface area contributed by atoms with Crippen LogP contribution in [0.2, 0.25) is 10.0 Å². The number of carbonyl (C=O) groups excluding carboxylic acids is 1. The number of carbonyl (C=O) groups is 1. The highest BCUT2D eigenvalue weighted by Crippen LogP contribution is 3.02. The maximum absolute atomic E-state index is 13.4. The van der Waals surface area contributed by atoms with Gasteiger partial charge in [0.05, 0.1) is 20.4 Å². The molecule has 0 aliphatic heterocycles. The fraction of sp³-hybridized carbons (Fsp3) is 0.227. The van der Waals surface area contributed by atoms with Crippen LogP contribution in [0.3, 0.4) is 0 Å². The molecule has 0 unspecified atom stereocenters. The van der Waals surface area contributed by atoms with Gasteiger partial charge in [-0.1, -0.05) is 54.8 Å². The van der Waals surface area contributed by atoms with Gasteiger partial charge in [0, 0.05) is 12.1 Å². The normalized spacial score (nSPS) is 16.5. The Morgan fingerprint density at radius 1 is 1.15 bits per heavy atom. The molecule has 2 aromatic carbocycles. The molecule has 4 rings (SSSR count). The van der Waals surface area contributed by atoms with Crippen molar-refractivity contribution in [3.05, 3.63) is 63.3 Å². The Labute approximate surface area is 234 Å². The molecule has 0 saturated heterocycles. The largest absolute Gasteiger partial charge is 0.369 e. The molecule has 1 amide bonds. The molecule has 216 valence electrons. The number of halogens is 7.